The summed E-state index contributed by atoms with van der Waals surface area (Å²) in [6.07, 6.45) is 4.14. The summed E-state index contributed by atoms with van der Waals surface area (Å²) >= 11 is 5.91. The fourth-order valence-corrected chi connectivity index (χ4v) is 4.37. The van der Waals surface area contributed by atoms with Gasteiger partial charge in [0.05, 0.1) is 0 Å². The highest BCUT2D eigenvalue weighted by atomic mass is 35.5. The Hall–Kier alpha value is -0.690. The van der Waals surface area contributed by atoms with Crippen LogP contribution in [0.2, 0.25) is 5.15 Å². The zero-order chi connectivity index (χ0) is 14.2. The predicted molar refractivity (Wildman–Crippen MR) is 77.2 cm³/mol. The van der Waals surface area contributed by atoms with E-state index < -0.39 is 10.0 Å². The molecule has 5 nitrogen and oxygen atoms in total. The first kappa shape index (κ1) is 14.3. The number of aromatic nitrogens is 1. The summed E-state index contributed by atoms with van der Waals surface area (Å²) in [6, 6.07) is 3.11. The van der Waals surface area contributed by atoms with E-state index in [0.717, 1.165) is 25.6 Å². The summed E-state index contributed by atoms with van der Waals surface area (Å²) in [5.74, 6) is 0.839. The molecule has 0 unspecified atom stereocenters. The van der Waals surface area contributed by atoms with E-state index in [0.29, 0.717) is 13.1 Å². The Kier molecular flexibility index (Phi) is 3.99. The van der Waals surface area contributed by atoms with Gasteiger partial charge in [-0.2, -0.15) is 4.31 Å². The van der Waals surface area contributed by atoms with Crippen LogP contribution in [0.25, 0.3) is 0 Å². The molecular weight excluding hydrogens is 298 g/mol. The number of hydrogen-bond donors (Lipinski definition) is 0. The van der Waals surface area contributed by atoms with Gasteiger partial charge in [0, 0.05) is 38.9 Å². The molecule has 110 valence electrons. The van der Waals surface area contributed by atoms with Gasteiger partial charge in [-0.1, -0.05) is 11.6 Å². The van der Waals surface area contributed by atoms with Crippen molar-refractivity contribution >= 4 is 21.6 Å². The number of piperazine rings is 1. The van der Waals surface area contributed by atoms with Crippen molar-refractivity contribution in [3.05, 3.63) is 23.5 Å². The Morgan fingerprint density at radius 2 is 1.95 bits per heavy atom. The number of hydrogen-bond acceptors (Lipinski definition) is 4. The fourth-order valence-electron chi connectivity index (χ4n) is 2.52. The second-order valence-electron chi connectivity index (χ2n) is 5.44. The van der Waals surface area contributed by atoms with Gasteiger partial charge in [-0.25, -0.2) is 13.4 Å². The first-order valence-corrected chi connectivity index (χ1v) is 8.72. The maximum absolute atomic E-state index is 12.5. The van der Waals surface area contributed by atoms with Gasteiger partial charge in [0.15, 0.2) is 0 Å². The highest BCUT2D eigenvalue weighted by Gasteiger charge is 2.32. The van der Waals surface area contributed by atoms with Gasteiger partial charge in [0.25, 0.3) is 0 Å². The van der Waals surface area contributed by atoms with Crippen molar-refractivity contribution in [2.45, 2.75) is 17.7 Å². The number of nitrogens with zero attached hydrogens (tertiary/aromatic N) is 3. The molecule has 1 aromatic heterocycles. The Morgan fingerprint density at radius 1 is 1.25 bits per heavy atom. The van der Waals surface area contributed by atoms with E-state index in [4.69, 9.17) is 11.6 Å². The molecule has 20 heavy (non-hydrogen) atoms. The van der Waals surface area contributed by atoms with E-state index in [9.17, 15) is 8.42 Å². The molecule has 0 spiro atoms. The van der Waals surface area contributed by atoms with Gasteiger partial charge in [-0.15, -0.1) is 0 Å². The topological polar surface area (TPSA) is 53.5 Å². The molecule has 0 aromatic carbocycles. The van der Waals surface area contributed by atoms with Crippen LogP contribution in [0.15, 0.2) is 23.2 Å². The quantitative estimate of drug-likeness (QED) is 0.789. The summed E-state index contributed by atoms with van der Waals surface area (Å²) in [5, 5.41) is 0.0490. The number of halogens is 1. The SMILES string of the molecule is O=S(=O)(c1cccnc1Cl)N1CCN(CC2CC2)CC1. The minimum absolute atomic E-state index is 0.0490. The van der Waals surface area contributed by atoms with Crippen LogP contribution in [0.4, 0.5) is 0 Å². The molecule has 2 fully saturated rings. The zero-order valence-corrected chi connectivity index (χ0v) is 12.8. The first-order chi connectivity index (χ1) is 9.57. The van der Waals surface area contributed by atoms with Crippen LogP contribution in [-0.2, 0) is 10.0 Å². The van der Waals surface area contributed by atoms with Gasteiger partial charge >= 0.3 is 0 Å². The third-order valence-corrected chi connectivity index (χ3v) is 6.23. The average Bonchev–Trinajstić information content (AvgIpc) is 3.24. The Bertz CT molecular complexity index is 581. The van der Waals surface area contributed by atoms with E-state index in [-0.39, 0.29) is 10.0 Å². The molecule has 2 aliphatic rings. The van der Waals surface area contributed by atoms with Crippen LogP contribution in [0, 0.1) is 5.92 Å². The van der Waals surface area contributed by atoms with E-state index in [1.54, 1.807) is 6.07 Å². The summed E-state index contributed by atoms with van der Waals surface area (Å²) in [4.78, 5) is 6.32. The number of sulfonamides is 1. The average molecular weight is 316 g/mol. The predicted octanol–water partition coefficient (Wildman–Crippen LogP) is 1.45. The van der Waals surface area contributed by atoms with E-state index in [1.165, 1.54) is 29.4 Å². The first-order valence-electron chi connectivity index (χ1n) is 6.90. The molecule has 0 N–H and O–H groups in total. The lowest BCUT2D eigenvalue weighted by Gasteiger charge is -2.34. The number of pyridine rings is 1. The maximum atomic E-state index is 12.5. The van der Waals surface area contributed by atoms with Crippen LogP contribution in [0.5, 0.6) is 0 Å². The van der Waals surface area contributed by atoms with Crippen molar-refractivity contribution in [2.24, 2.45) is 5.92 Å². The standard InChI is InChI=1S/C13H18ClN3O2S/c14-13-12(2-1-5-15-13)20(18,19)17-8-6-16(7-9-17)10-11-3-4-11/h1-2,5,11H,3-4,6-10H2. The smallest absolute Gasteiger partial charge is 0.246 e. The molecule has 1 aliphatic heterocycles. The molecule has 0 bridgehead atoms. The third kappa shape index (κ3) is 2.98. The van der Waals surface area contributed by atoms with Crippen LogP contribution >= 0.6 is 11.6 Å². The lowest BCUT2D eigenvalue weighted by molar-refractivity contribution is 0.182. The van der Waals surface area contributed by atoms with Gasteiger partial charge in [0.1, 0.15) is 10.0 Å². The van der Waals surface area contributed by atoms with Crippen molar-refractivity contribution in [3.63, 3.8) is 0 Å². The second kappa shape index (κ2) is 5.60. The molecular formula is C13H18ClN3O2S. The van der Waals surface area contributed by atoms with E-state index in [2.05, 4.69) is 9.88 Å². The molecule has 1 aromatic rings. The molecule has 2 heterocycles. The minimum Gasteiger partial charge on any atom is -0.300 e. The highest BCUT2D eigenvalue weighted by Crippen LogP contribution is 2.30. The monoisotopic (exact) mass is 315 g/mol. The molecule has 0 amide bonds. The second-order valence-corrected chi connectivity index (χ2v) is 7.70. The molecule has 0 atom stereocenters. The van der Waals surface area contributed by atoms with Gasteiger partial charge < -0.3 is 4.90 Å². The summed E-state index contributed by atoms with van der Waals surface area (Å²) in [5.41, 5.74) is 0. The van der Waals surface area contributed by atoms with Crippen molar-refractivity contribution in [2.75, 3.05) is 32.7 Å². The lowest BCUT2D eigenvalue weighted by Crippen LogP contribution is -2.49. The van der Waals surface area contributed by atoms with E-state index in [1.807, 2.05) is 0 Å². The van der Waals surface area contributed by atoms with Gasteiger partial charge in [-0.05, 0) is 30.9 Å². The zero-order valence-electron chi connectivity index (χ0n) is 11.2. The van der Waals surface area contributed by atoms with Gasteiger partial charge in [0.2, 0.25) is 10.0 Å². The molecule has 1 saturated heterocycles. The van der Waals surface area contributed by atoms with Crippen molar-refractivity contribution < 1.29 is 8.42 Å². The van der Waals surface area contributed by atoms with Crippen LogP contribution in [0.3, 0.4) is 0 Å². The Morgan fingerprint density at radius 3 is 2.55 bits per heavy atom. The third-order valence-electron chi connectivity index (χ3n) is 3.89. The Balaban J connectivity index is 1.68. The van der Waals surface area contributed by atoms with Crippen LogP contribution in [-0.4, -0.2) is 55.3 Å². The molecule has 1 aliphatic carbocycles. The molecule has 7 heteroatoms. The molecule has 0 radical (unpaired) electrons. The van der Waals surface area contributed by atoms with Crippen molar-refractivity contribution in [1.82, 2.24) is 14.2 Å². The van der Waals surface area contributed by atoms with Gasteiger partial charge in [-0.3, -0.25) is 0 Å². The van der Waals surface area contributed by atoms with Crippen LogP contribution in [0.1, 0.15) is 12.8 Å². The van der Waals surface area contributed by atoms with Crippen LogP contribution < -0.4 is 0 Å². The van der Waals surface area contributed by atoms with Crippen molar-refractivity contribution in [3.8, 4) is 0 Å². The summed E-state index contributed by atoms with van der Waals surface area (Å²) in [6.45, 7) is 3.77. The number of rotatable bonds is 4. The normalized spacial score (nSPS) is 22.1. The molecule has 1 saturated carbocycles. The largest absolute Gasteiger partial charge is 0.300 e. The molecule has 3 rings (SSSR count). The maximum Gasteiger partial charge on any atom is 0.246 e. The van der Waals surface area contributed by atoms with Crippen molar-refractivity contribution in [1.29, 1.82) is 0 Å². The van der Waals surface area contributed by atoms with E-state index >= 15 is 0 Å². The fraction of sp³-hybridized carbons (Fsp3) is 0.615. The lowest BCUT2D eigenvalue weighted by atomic mass is 10.3. The Labute approximate surface area is 124 Å². The highest BCUT2D eigenvalue weighted by molar-refractivity contribution is 7.89. The summed E-state index contributed by atoms with van der Waals surface area (Å²) in [7, 11) is -3.52. The minimum atomic E-state index is -3.52. The summed E-state index contributed by atoms with van der Waals surface area (Å²) < 4.78 is 26.6.